The topological polar surface area (TPSA) is 9.23 Å². The zero-order valence-corrected chi connectivity index (χ0v) is 28.5. The van der Waals surface area contributed by atoms with Gasteiger partial charge in [0.2, 0.25) is 0 Å². The van der Waals surface area contributed by atoms with Crippen LogP contribution in [0.2, 0.25) is 0 Å². The van der Waals surface area contributed by atoms with Crippen molar-refractivity contribution in [1.82, 2.24) is 0 Å². The predicted molar refractivity (Wildman–Crippen MR) is 194 cm³/mol. The minimum absolute atomic E-state index is 0. The van der Waals surface area contributed by atoms with E-state index in [9.17, 15) is 0 Å². The standard InChI is InChI=1S/C27H25O.C17H14P.Fe/c1-21(28-20-22-12-5-2-6-13-22)25-18-11-19-26(25)27(23-14-7-3-8-15-23)24-16-9-4-10-17-24;1-3-9-15(10-4-1)18(17-13-7-8-14-17)16-11-5-2-6-12-16;/h2-19,21,27H,20H2,1H3;1-14H;/q;;+2/t21-;;/m0../s1. The molecule has 0 N–H and O–H groups in total. The number of benzene rings is 5. The Labute approximate surface area is 295 Å². The van der Waals surface area contributed by atoms with E-state index in [4.69, 9.17) is 4.74 Å². The summed E-state index contributed by atoms with van der Waals surface area (Å²) in [4.78, 5) is 0. The second-order valence-electron chi connectivity index (χ2n) is 11.3. The maximum absolute atomic E-state index is 6.23. The van der Waals surface area contributed by atoms with Crippen molar-refractivity contribution >= 4 is 18.5 Å². The van der Waals surface area contributed by atoms with Gasteiger partial charge in [0.05, 0.1) is 12.7 Å². The summed E-state index contributed by atoms with van der Waals surface area (Å²) in [6, 6.07) is 53.4. The van der Waals surface area contributed by atoms with Crippen molar-refractivity contribution in [1.29, 1.82) is 0 Å². The maximum Gasteiger partial charge on any atom is 2.00 e. The summed E-state index contributed by atoms with van der Waals surface area (Å²) in [6.45, 7) is 2.77. The van der Waals surface area contributed by atoms with Crippen molar-refractivity contribution in [3.8, 4) is 0 Å². The van der Waals surface area contributed by atoms with Crippen LogP contribution in [-0.2, 0) is 28.4 Å². The Morgan fingerprint density at radius 2 is 0.915 bits per heavy atom. The van der Waals surface area contributed by atoms with Crippen LogP contribution in [0.15, 0.2) is 152 Å². The molecule has 0 amide bonds. The summed E-state index contributed by atoms with van der Waals surface area (Å²) in [6.07, 6.45) is 15.3. The minimum Gasteiger partial charge on any atom is -0.373 e. The molecular weight excluding hydrogens is 631 g/mol. The van der Waals surface area contributed by atoms with E-state index in [1.54, 1.807) is 0 Å². The van der Waals surface area contributed by atoms with Crippen LogP contribution in [-0.4, -0.2) is 6.10 Å². The van der Waals surface area contributed by atoms with Crippen molar-refractivity contribution in [3.05, 3.63) is 231 Å². The van der Waals surface area contributed by atoms with Gasteiger partial charge < -0.3 is 4.74 Å². The fourth-order valence-corrected chi connectivity index (χ4v) is 8.23. The van der Waals surface area contributed by atoms with Crippen LogP contribution in [0, 0.1) is 62.4 Å². The monoisotopic (exact) mass is 670 g/mol. The molecule has 2 saturated carbocycles. The summed E-state index contributed by atoms with van der Waals surface area (Å²) in [5.74, 6) is 2.78. The molecule has 232 valence electrons. The van der Waals surface area contributed by atoms with Crippen molar-refractivity contribution in [3.63, 3.8) is 0 Å². The fraction of sp³-hybridized carbons (Fsp3) is 0.0909. The molecule has 1 atom stereocenters. The summed E-state index contributed by atoms with van der Waals surface area (Å²) in [5, 5.41) is 2.81. The van der Waals surface area contributed by atoms with Gasteiger partial charge in [0.25, 0.3) is 0 Å². The number of hydrogen-bond acceptors (Lipinski definition) is 1. The third-order valence-electron chi connectivity index (χ3n) is 8.17. The van der Waals surface area contributed by atoms with Gasteiger partial charge in [0.1, 0.15) is 0 Å². The Morgan fingerprint density at radius 3 is 1.40 bits per heavy atom. The molecule has 7 rings (SSSR count). The number of rotatable bonds is 10. The Bertz CT molecular complexity index is 1460. The first-order valence-corrected chi connectivity index (χ1v) is 17.2. The van der Waals surface area contributed by atoms with Gasteiger partial charge in [-0.25, -0.2) is 0 Å². The van der Waals surface area contributed by atoms with Crippen LogP contribution in [0.5, 0.6) is 0 Å². The van der Waals surface area contributed by atoms with Gasteiger partial charge in [0, 0.05) is 23.4 Å². The van der Waals surface area contributed by atoms with E-state index in [0.29, 0.717) is 6.61 Å². The van der Waals surface area contributed by atoms with Crippen LogP contribution < -0.4 is 10.6 Å². The largest absolute Gasteiger partial charge is 2.00 e. The van der Waals surface area contributed by atoms with Crippen molar-refractivity contribution in [2.75, 3.05) is 0 Å². The molecule has 0 unspecified atom stereocenters. The van der Waals surface area contributed by atoms with E-state index in [0.717, 1.165) is 0 Å². The summed E-state index contributed by atoms with van der Waals surface area (Å²) in [5.41, 5.74) is 5.22. The molecule has 0 bridgehead atoms. The molecule has 0 heterocycles. The SMILES string of the molecule is C[C@H](OCc1ccccc1)[C]1[CH][CH][CH][C]1C(c1ccccc1)c1ccccc1.[CH]1[CH][CH][C](P(c2ccccc2)c2ccccc2)[CH]1.[Fe+2]. The molecular formula is C44H39FeOP+2. The maximum atomic E-state index is 6.23. The molecule has 0 aromatic heterocycles. The molecule has 5 aromatic carbocycles. The first-order valence-electron chi connectivity index (χ1n) is 15.9. The van der Waals surface area contributed by atoms with E-state index in [1.165, 1.54) is 44.8 Å². The summed E-state index contributed by atoms with van der Waals surface area (Å²) in [7, 11) is -0.409. The van der Waals surface area contributed by atoms with Crippen LogP contribution in [0.4, 0.5) is 0 Å². The van der Waals surface area contributed by atoms with E-state index >= 15 is 0 Å². The van der Waals surface area contributed by atoms with Gasteiger partial charge in [-0.15, -0.1) is 0 Å². The molecule has 0 aliphatic heterocycles. The summed E-state index contributed by atoms with van der Waals surface area (Å²) < 4.78 is 6.23. The summed E-state index contributed by atoms with van der Waals surface area (Å²) >= 11 is 0. The Kier molecular flexibility index (Phi) is 13.9. The molecule has 0 spiro atoms. The second-order valence-corrected chi connectivity index (χ2v) is 13.5. The Morgan fingerprint density at radius 1 is 0.489 bits per heavy atom. The second kappa shape index (κ2) is 18.5. The van der Waals surface area contributed by atoms with E-state index < -0.39 is 7.92 Å². The minimum atomic E-state index is -0.409. The van der Waals surface area contributed by atoms with Crippen LogP contribution in [0.25, 0.3) is 0 Å². The first kappa shape index (κ1) is 35.3. The van der Waals surface area contributed by atoms with E-state index in [2.05, 4.69) is 197 Å². The molecule has 1 nitrogen and oxygen atoms in total. The average molecular weight is 671 g/mol. The van der Waals surface area contributed by atoms with Gasteiger partial charge in [-0.2, -0.15) is 0 Å². The van der Waals surface area contributed by atoms with Crippen molar-refractivity contribution in [2.45, 2.75) is 25.6 Å². The van der Waals surface area contributed by atoms with Gasteiger partial charge in [0.15, 0.2) is 0 Å². The van der Waals surface area contributed by atoms with E-state index in [-0.39, 0.29) is 29.1 Å². The average Bonchev–Trinajstić information content (AvgIpc) is 3.84. The zero-order valence-electron chi connectivity index (χ0n) is 26.5. The molecule has 5 aromatic rings. The Hall–Kier alpha value is -2.99. The normalized spacial score (nSPS) is 16.1. The molecule has 10 radical (unpaired) electrons. The molecule has 0 saturated heterocycles. The molecule has 2 fully saturated rings. The third kappa shape index (κ3) is 9.55. The number of hydrogen-bond donors (Lipinski definition) is 0. The number of ether oxygens (including phenoxy) is 1. The van der Waals surface area contributed by atoms with Gasteiger partial charge >= 0.3 is 17.1 Å². The Balaban J connectivity index is 0.000000197. The van der Waals surface area contributed by atoms with Crippen LogP contribution >= 0.6 is 7.92 Å². The smallest absolute Gasteiger partial charge is 0.373 e. The van der Waals surface area contributed by atoms with Gasteiger partial charge in [-0.05, 0) is 87.1 Å². The molecule has 2 aliphatic rings. The van der Waals surface area contributed by atoms with Crippen LogP contribution in [0.3, 0.4) is 0 Å². The molecule has 2 aliphatic carbocycles. The van der Waals surface area contributed by atoms with Crippen LogP contribution in [0.1, 0.15) is 29.5 Å². The molecule has 3 heteroatoms. The quantitative estimate of drug-likeness (QED) is 0.106. The van der Waals surface area contributed by atoms with Gasteiger partial charge in [-0.1, -0.05) is 152 Å². The van der Waals surface area contributed by atoms with Crippen molar-refractivity contribution < 1.29 is 21.8 Å². The third-order valence-corrected chi connectivity index (χ3v) is 10.6. The van der Waals surface area contributed by atoms with Crippen molar-refractivity contribution in [2.24, 2.45) is 0 Å². The van der Waals surface area contributed by atoms with Gasteiger partial charge in [-0.3, -0.25) is 0 Å². The molecule has 47 heavy (non-hydrogen) atoms. The predicted octanol–water partition coefficient (Wildman–Crippen LogP) is 9.68. The fourth-order valence-electron chi connectivity index (χ4n) is 5.92. The van der Waals surface area contributed by atoms with E-state index in [1.807, 2.05) is 6.07 Å². The zero-order chi connectivity index (χ0) is 31.4. The first-order chi connectivity index (χ1) is 22.8.